The van der Waals surface area contributed by atoms with E-state index in [1.807, 2.05) is 11.4 Å². The number of hydrogen-bond acceptors (Lipinski definition) is 4. The second-order valence-corrected chi connectivity index (χ2v) is 4.07. The van der Waals surface area contributed by atoms with E-state index in [1.54, 1.807) is 13.1 Å². The van der Waals surface area contributed by atoms with Crippen LogP contribution in [0.1, 0.15) is 16.1 Å². The van der Waals surface area contributed by atoms with Crippen LogP contribution in [0.3, 0.4) is 0 Å². The number of Topliss-reactive ketones (excluding diaryl/α,β-unsaturated/α-hetero) is 1. The molecule has 0 radical (unpaired) electrons. The molecule has 0 spiro atoms. The fourth-order valence-corrected chi connectivity index (χ4v) is 1.78. The summed E-state index contributed by atoms with van der Waals surface area (Å²) in [4.78, 5) is 24.8. The summed E-state index contributed by atoms with van der Waals surface area (Å²) < 4.78 is 4.57. The van der Waals surface area contributed by atoms with Gasteiger partial charge in [-0.05, 0) is 11.4 Å². The van der Waals surface area contributed by atoms with E-state index in [2.05, 4.69) is 11.3 Å². The largest absolute Gasteiger partial charge is 0.419 e. The highest BCUT2D eigenvalue weighted by Crippen LogP contribution is 2.11. The number of carbonyl (C=O) groups is 2. The second-order valence-electron chi connectivity index (χ2n) is 3.12. The highest BCUT2D eigenvalue weighted by Gasteiger charge is 2.12. The summed E-state index contributed by atoms with van der Waals surface area (Å²) >= 11 is 1.40. The Bertz CT molecular complexity index is 373. The molecule has 0 unspecified atom stereocenters. The van der Waals surface area contributed by atoms with Crippen molar-refractivity contribution in [2.24, 2.45) is 0 Å². The fourth-order valence-electron chi connectivity index (χ4n) is 1.08. The van der Waals surface area contributed by atoms with Crippen LogP contribution >= 0.6 is 11.3 Å². The molecule has 86 valence electrons. The number of rotatable bonds is 5. The molecule has 0 aliphatic carbocycles. The van der Waals surface area contributed by atoms with Crippen LogP contribution in [-0.2, 0) is 4.74 Å². The zero-order valence-corrected chi connectivity index (χ0v) is 9.83. The molecular weight excluding hydrogens is 226 g/mol. The first kappa shape index (κ1) is 12.4. The van der Waals surface area contributed by atoms with Crippen LogP contribution in [0.15, 0.2) is 30.4 Å². The van der Waals surface area contributed by atoms with Gasteiger partial charge in [-0.25, -0.2) is 4.79 Å². The minimum atomic E-state index is -0.506. The van der Waals surface area contributed by atoms with E-state index >= 15 is 0 Å². The summed E-state index contributed by atoms with van der Waals surface area (Å²) in [7, 11) is 1.58. The van der Waals surface area contributed by atoms with Crippen LogP contribution in [0.2, 0.25) is 0 Å². The van der Waals surface area contributed by atoms with Crippen molar-refractivity contribution < 1.29 is 14.3 Å². The van der Waals surface area contributed by atoms with Crippen molar-refractivity contribution in [3.63, 3.8) is 0 Å². The molecule has 5 heteroatoms. The van der Waals surface area contributed by atoms with Crippen molar-refractivity contribution in [2.45, 2.75) is 6.42 Å². The Labute approximate surface area is 98.1 Å². The number of amides is 1. The van der Waals surface area contributed by atoms with Gasteiger partial charge in [0.25, 0.3) is 0 Å². The molecular formula is C11H13NO3S. The molecule has 1 heterocycles. The topological polar surface area (TPSA) is 46.6 Å². The Morgan fingerprint density at radius 3 is 2.94 bits per heavy atom. The lowest BCUT2D eigenvalue weighted by Crippen LogP contribution is -2.28. The number of ketones is 1. The highest BCUT2D eigenvalue weighted by atomic mass is 32.1. The van der Waals surface area contributed by atoms with Gasteiger partial charge >= 0.3 is 6.09 Å². The molecule has 1 aromatic rings. The van der Waals surface area contributed by atoms with Crippen LogP contribution < -0.4 is 0 Å². The molecule has 1 rings (SSSR count). The monoisotopic (exact) mass is 239 g/mol. The molecule has 0 N–H and O–H groups in total. The molecule has 0 saturated heterocycles. The van der Waals surface area contributed by atoms with E-state index in [-0.39, 0.29) is 5.78 Å². The maximum atomic E-state index is 11.6. The van der Waals surface area contributed by atoms with Gasteiger partial charge in [0.15, 0.2) is 5.78 Å². The molecule has 0 aliphatic heterocycles. The standard InChI is InChI=1S/C11H13NO3S/c1-3-15-11(14)12(2)7-6-9(13)10-5-4-8-16-10/h3-5,8H,1,6-7H2,2H3. The number of ether oxygens (including phenoxy) is 1. The Morgan fingerprint density at radius 2 is 2.38 bits per heavy atom. The third-order valence-corrected chi connectivity index (χ3v) is 2.88. The van der Waals surface area contributed by atoms with Crippen molar-refractivity contribution in [1.82, 2.24) is 4.90 Å². The van der Waals surface area contributed by atoms with Gasteiger partial charge in [-0.1, -0.05) is 12.6 Å². The Hall–Kier alpha value is -1.62. The van der Waals surface area contributed by atoms with Crippen molar-refractivity contribution >= 4 is 23.2 Å². The van der Waals surface area contributed by atoms with Crippen molar-refractivity contribution in [2.75, 3.05) is 13.6 Å². The minimum Gasteiger partial charge on any atom is -0.419 e. The number of hydrogen-bond donors (Lipinski definition) is 0. The summed E-state index contributed by atoms with van der Waals surface area (Å²) in [5.41, 5.74) is 0. The second kappa shape index (κ2) is 6.07. The predicted molar refractivity (Wildman–Crippen MR) is 62.6 cm³/mol. The minimum absolute atomic E-state index is 0.0354. The molecule has 0 atom stereocenters. The van der Waals surface area contributed by atoms with E-state index in [9.17, 15) is 9.59 Å². The maximum Gasteiger partial charge on any atom is 0.414 e. The predicted octanol–water partition coefficient (Wildman–Crippen LogP) is 2.53. The van der Waals surface area contributed by atoms with Gasteiger partial charge in [-0.2, -0.15) is 0 Å². The van der Waals surface area contributed by atoms with Gasteiger partial charge in [0, 0.05) is 20.0 Å². The summed E-state index contributed by atoms with van der Waals surface area (Å²) in [5, 5.41) is 1.85. The average Bonchev–Trinajstić information content (AvgIpc) is 2.79. The molecule has 1 aromatic heterocycles. The number of nitrogens with zero attached hydrogens (tertiary/aromatic N) is 1. The van der Waals surface area contributed by atoms with Gasteiger partial charge in [0.05, 0.1) is 11.1 Å². The van der Waals surface area contributed by atoms with Gasteiger partial charge in [0.2, 0.25) is 0 Å². The first-order chi connectivity index (χ1) is 7.65. The van der Waals surface area contributed by atoms with Crippen LogP contribution in [-0.4, -0.2) is 30.4 Å². The van der Waals surface area contributed by atoms with Gasteiger partial charge in [-0.3, -0.25) is 4.79 Å². The van der Waals surface area contributed by atoms with E-state index < -0.39 is 6.09 Å². The molecule has 0 bridgehead atoms. The van der Waals surface area contributed by atoms with Crippen molar-refractivity contribution in [3.05, 3.63) is 35.2 Å². The molecule has 0 saturated carbocycles. The first-order valence-electron chi connectivity index (χ1n) is 4.74. The molecule has 1 amide bonds. The third kappa shape index (κ3) is 3.51. The normalized spacial score (nSPS) is 9.56. The van der Waals surface area contributed by atoms with Crippen molar-refractivity contribution in [1.29, 1.82) is 0 Å². The quantitative estimate of drug-likeness (QED) is 0.586. The van der Waals surface area contributed by atoms with Crippen LogP contribution in [0.25, 0.3) is 0 Å². The molecule has 0 fully saturated rings. The summed E-state index contributed by atoms with van der Waals surface area (Å²) in [6.45, 7) is 3.62. The lowest BCUT2D eigenvalue weighted by atomic mass is 10.2. The van der Waals surface area contributed by atoms with Gasteiger partial charge in [-0.15, -0.1) is 11.3 Å². The van der Waals surface area contributed by atoms with Gasteiger partial charge < -0.3 is 9.64 Å². The molecule has 4 nitrogen and oxygen atoms in total. The van der Waals surface area contributed by atoms with Crippen LogP contribution in [0.5, 0.6) is 0 Å². The zero-order chi connectivity index (χ0) is 12.0. The molecule has 16 heavy (non-hydrogen) atoms. The molecule has 0 aliphatic rings. The molecule has 0 aromatic carbocycles. The van der Waals surface area contributed by atoms with E-state index in [1.165, 1.54) is 16.2 Å². The van der Waals surface area contributed by atoms with E-state index in [0.29, 0.717) is 17.8 Å². The van der Waals surface area contributed by atoms with E-state index in [4.69, 9.17) is 0 Å². The smallest absolute Gasteiger partial charge is 0.414 e. The van der Waals surface area contributed by atoms with Crippen molar-refractivity contribution in [3.8, 4) is 0 Å². The summed E-state index contributed by atoms with van der Waals surface area (Å²) in [5.74, 6) is 0.0354. The SMILES string of the molecule is C=COC(=O)N(C)CCC(=O)c1cccs1. The maximum absolute atomic E-state index is 11.6. The first-order valence-corrected chi connectivity index (χ1v) is 5.62. The average molecular weight is 239 g/mol. The van der Waals surface area contributed by atoms with Crippen LogP contribution in [0.4, 0.5) is 4.79 Å². The number of carbonyl (C=O) groups excluding carboxylic acids is 2. The Kier molecular flexibility index (Phi) is 4.72. The van der Waals surface area contributed by atoms with Gasteiger partial charge in [0.1, 0.15) is 0 Å². The fraction of sp³-hybridized carbons (Fsp3) is 0.273. The number of thiophene rings is 1. The lowest BCUT2D eigenvalue weighted by Gasteiger charge is -2.14. The summed E-state index contributed by atoms with van der Waals surface area (Å²) in [6, 6.07) is 3.60. The lowest BCUT2D eigenvalue weighted by molar-refractivity contribution is 0.0969. The zero-order valence-electron chi connectivity index (χ0n) is 9.01. The summed E-state index contributed by atoms with van der Waals surface area (Å²) in [6.07, 6.45) is 0.859. The van der Waals surface area contributed by atoms with E-state index in [0.717, 1.165) is 6.26 Å². The van der Waals surface area contributed by atoms with Crippen LogP contribution in [0, 0.1) is 0 Å². The Morgan fingerprint density at radius 1 is 1.62 bits per heavy atom. The highest BCUT2D eigenvalue weighted by molar-refractivity contribution is 7.12. The Balaban J connectivity index is 2.37. The third-order valence-electron chi connectivity index (χ3n) is 1.97.